The van der Waals surface area contributed by atoms with Crippen LogP contribution in [0.15, 0.2) is 4.52 Å². The number of hydrogen-bond acceptors (Lipinski definition) is 5. The van der Waals surface area contributed by atoms with Gasteiger partial charge < -0.3 is 14.6 Å². The molecule has 1 aromatic heterocycles. The highest BCUT2D eigenvalue weighted by Crippen LogP contribution is 2.36. The van der Waals surface area contributed by atoms with Crippen LogP contribution in [0.3, 0.4) is 0 Å². The SMILES string of the molecule is CCC1CCCC(c2noc(NCCOC)n2)C1. The fraction of sp³-hybridized carbons (Fsp3) is 0.846. The van der Waals surface area contributed by atoms with Crippen molar-refractivity contribution in [2.45, 2.75) is 44.9 Å². The zero-order chi connectivity index (χ0) is 12.8. The van der Waals surface area contributed by atoms with Crippen molar-refractivity contribution in [2.75, 3.05) is 25.6 Å². The van der Waals surface area contributed by atoms with E-state index < -0.39 is 0 Å². The van der Waals surface area contributed by atoms with Crippen molar-refractivity contribution in [1.29, 1.82) is 0 Å². The summed E-state index contributed by atoms with van der Waals surface area (Å²) < 4.78 is 10.2. The number of aromatic nitrogens is 2. The van der Waals surface area contributed by atoms with Crippen LogP contribution in [0.1, 0.15) is 50.8 Å². The van der Waals surface area contributed by atoms with E-state index in [2.05, 4.69) is 22.4 Å². The molecule has 5 heteroatoms. The fourth-order valence-corrected chi connectivity index (χ4v) is 2.63. The molecule has 2 rings (SSSR count). The summed E-state index contributed by atoms with van der Waals surface area (Å²) in [6.45, 7) is 3.60. The maximum Gasteiger partial charge on any atom is 0.321 e. The Kier molecular flexibility index (Phi) is 4.99. The Bertz CT molecular complexity index is 354. The monoisotopic (exact) mass is 253 g/mol. The summed E-state index contributed by atoms with van der Waals surface area (Å²) >= 11 is 0. The minimum absolute atomic E-state index is 0.477. The maximum absolute atomic E-state index is 5.21. The number of ether oxygens (including phenoxy) is 1. The number of nitrogens with one attached hydrogen (secondary N) is 1. The molecular formula is C13H23N3O2. The lowest BCUT2D eigenvalue weighted by molar-refractivity contribution is 0.210. The lowest BCUT2D eigenvalue weighted by Crippen LogP contribution is -2.14. The standard InChI is InChI=1S/C13H23N3O2/c1-3-10-5-4-6-11(9-10)12-15-13(18-16-12)14-7-8-17-2/h10-11H,3-9H2,1-2H3,(H,14,15,16). The van der Waals surface area contributed by atoms with E-state index in [1.807, 2.05) is 0 Å². The van der Waals surface area contributed by atoms with Crippen molar-refractivity contribution in [3.8, 4) is 0 Å². The van der Waals surface area contributed by atoms with Gasteiger partial charge in [-0.2, -0.15) is 4.98 Å². The lowest BCUT2D eigenvalue weighted by atomic mass is 9.80. The number of rotatable bonds is 6. The van der Waals surface area contributed by atoms with Crippen LogP contribution in [0.4, 0.5) is 6.01 Å². The first kappa shape index (κ1) is 13.3. The molecule has 1 heterocycles. The Labute approximate surface area is 108 Å². The molecular weight excluding hydrogens is 230 g/mol. The van der Waals surface area contributed by atoms with E-state index in [9.17, 15) is 0 Å². The van der Waals surface area contributed by atoms with Crippen molar-refractivity contribution in [3.05, 3.63) is 5.82 Å². The molecule has 0 aliphatic heterocycles. The molecule has 1 saturated carbocycles. The molecule has 1 N–H and O–H groups in total. The average molecular weight is 253 g/mol. The highest BCUT2D eigenvalue weighted by Gasteiger charge is 2.25. The van der Waals surface area contributed by atoms with Gasteiger partial charge in [0.25, 0.3) is 0 Å². The van der Waals surface area contributed by atoms with Crippen molar-refractivity contribution in [2.24, 2.45) is 5.92 Å². The lowest BCUT2D eigenvalue weighted by Gasteiger charge is -2.25. The van der Waals surface area contributed by atoms with Crippen LogP contribution in [-0.2, 0) is 4.74 Å². The van der Waals surface area contributed by atoms with Crippen LogP contribution < -0.4 is 5.32 Å². The van der Waals surface area contributed by atoms with Crippen LogP contribution in [-0.4, -0.2) is 30.4 Å². The van der Waals surface area contributed by atoms with E-state index in [4.69, 9.17) is 9.26 Å². The molecule has 0 saturated heterocycles. The van der Waals surface area contributed by atoms with E-state index in [-0.39, 0.29) is 0 Å². The Hall–Kier alpha value is -1.10. The van der Waals surface area contributed by atoms with Crippen molar-refractivity contribution < 1.29 is 9.26 Å². The Morgan fingerprint density at radius 2 is 2.33 bits per heavy atom. The van der Waals surface area contributed by atoms with Gasteiger partial charge in [-0.05, 0) is 18.8 Å². The van der Waals surface area contributed by atoms with E-state index in [0.29, 0.717) is 25.1 Å². The summed E-state index contributed by atoms with van der Waals surface area (Å²) in [5, 5.41) is 7.16. The van der Waals surface area contributed by atoms with E-state index >= 15 is 0 Å². The first-order chi connectivity index (χ1) is 8.83. The predicted octanol–water partition coefficient (Wildman–Crippen LogP) is 2.81. The summed E-state index contributed by atoms with van der Waals surface area (Å²) in [5.74, 6) is 2.17. The summed E-state index contributed by atoms with van der Waals surface area (Å²) in [4.78, 5) is 4.43. The second-order valence-corrected chi connectivity index (χ2v) is 5.02. The molecule has 18 heavy (non-hydrogen) atoms. The Morgan fingerprint density at radius 1 is 1.44 bits per heavy atom. The second-order valence-electron chi connectivity index (χ2n) is 5.02. The molecule has 0 amide bonds. The molecule has 1 aromatic rings. The van der Waals surface area contributed by atoms with Crippen molar-refractivity contribution in [1.82, 2.24) is 10.1 Å². The highest BCUT2D eigenvalue weighted by molar-refractivity contribution is 5.19. The van der Waals surface area contributed by atoms with Gasteiger partial charge in [-0.3, -0.25) is 0 Å². The van der Waals surface area contributed by atoms with Crippen LogP contribution in [0.5, 0.6) is 0 Å². The van der Waals surface area contributed by atoms with Gasteiger partial charge >= 0.3 is 6.01 Å². The van der Waals surface area contributed by atoms with E-state index in [1.54, 1.807) is 7.11 Å². The van der Waals surface area contributed by atoms with E-state index in [0.717, 1.165) is 11.7 Å². The van der Waals surface area contributed by atoms with Gasteiger partial charge in [-0.25, -0.2) is 0 Å². The van der Waals surface area contributed by atoms with Crippen LogP contribution in [0.25, 0.3) is 0 Å². The normalized spacial score (nSPS) is 24.1. The third-order valence-electron chi connectivity index (χ3n) is 3.75. The van der Waals surface area contributed by atoms with Crippen molar-refractivity contribution >= 4 is 6.01 Å². The van der Waals surface area contributed by atoms with Crippen molar-refractivity contribution in [3.63, 3.8) is 0 Å². The second kappa shape index (κ2) is 6.73. The zero-order valence-electron chi connectivity index (χ0n) is 11.3. The fourth-order valence-electron chi connectivity index (χ4n) is 2.63. The van der Waals surface area contributed by atoms with Gasteiger partial charge in [0.2, 0.25) is 0 Å². The molecule has 1 fully saturated rings. The van der Waals surface area contributed by atoms with Gasteiger partial charge in [0, 0.05) is 19.6 Å². The zero-order valence-corrected chi connectivity index (χ0v) is 11.3. The maximum atomic E-state index is 5.21. The average Bonchev–Trinajstić information content (AvgIpc) is 2.88. The summed E-state index contributed by atoms with van der Waals surface area (Å²) in [6, 6.07) is 0.515. The first-order valence-electron chi connectivity index (χ1n) is 6.90. The minimum Gasteiger partial charge on any atom is -0.383 e. The quantitative estimate of drug-likeness (QED) is 0.790. The predicted molar refractivity (Wildman–Crippen MR) is 69.7 cm³/mol. The molecule has 1 aliphatic carbocycles. The highest BCUT2D eigenvalue weighted by atomic mass is 16.5. The largest absolute Gasteiger partial charge is 0.383 e. The Morgan fingerprint density at radius 3 is 3.11 bits per heavy atom. The summed E-state index contributed by atoms with van der Waals surface area (Å²) in [5.41, 5.74) is 0. The van der Waals surface area contributed by atoms with Crippen LogP contribution in [0.2, 0.25) is 0 Å². The number of nitrogens with zero attached hydrogens (tertiary/aromatic N) is 2. The molecule has 2 unspecified atom stereocenters. The minimum atomic E-state index is 0.477. The smallest absolute Gasteiger partial charge is 0.321 e. The van der Waals surface area contributed by atoms with Gasteiger partial charge in [0.05, 0.1) is 6.61 Å². The molecule has 0 radical (unpaired) electrons. The summed E-state index contributed by atoms with van der Waals surface area (Å²) in [7, 11) is 1.67. The van der Waals surface area contributed by atoms with Gasteiger partial charge in [0.1, 0.15) is 0 Å². The molecule has 102 valence electrons. The third-order valence-corrected chi connectivity index (χ3v) is 3.75. The molecule has 0 spiro atoms. The van der Waals surface area contributed by atoms with Gasteiger partial charge in [-0.15, -0.1) is 0 Å². The first-order valence-corrected chi connectivity index (χ1v) is 6.90. The molecule has 0 bridgehead atoms. The summed E-state index contributed by atoms with van der Waals surface area (Å²) in [6.07, 6.45) is 6.28. The van der Waals surface area contributed by atoms with Crippen LogP contribution >= 0.6 is 0 Å². The van der Waals surface area contributed by atoms with Gasteiger partial charge in [-0.1, -0.05) is 31.3 Å². The van der Waals surface area contributed by atoms with Gasteiger partial charge in [0.15, 0.2) is 5.82 Å². The molecule has 1 aliphatic rings. The number of methoxy groups -OCH3 is 1. The Balaban J connectivity index is 1.88. The third kappa shape index (κ3) is 3.45. The number of anilines is 1. The molecule has 0 aromatic carbocycles. The van der Waals surface area contributed by atoms with Crippen LogP contribution in [0, 0.1) is 5.92 Å². The topological polar surface area (TPSA) is 60.2 Å². The molecule has 5 nitrogen and oxygen atoms in total. The number of hydrogen-bond donors (Lipinski definition) is 1. The molecule has 2 atom stereocenters. The van der Waals surface area contributed by atoms with E-state index in [1.165, 1.54) is 32.1 Å².